The average molecular weight is 281 g/mol. The SMILES string of the molecule is CC(C)C(C)C(=O)NCc1ccc(-c2ccccc2)cc1. The van der Waals surface area contributed by atoms with Crippen LogP contribution in [0.2, 0.25) is 0 Å². The molecular weight excluding hydrogens is 258 g/mol. The second-order valence-electron chi connectivity index (χ2n) is 5.81. The predicted octanol–water partition coefficient (Wildman–Crippen LogP) is 4.26. The summed E-state index contributed by atoms with van der Waals surface area (Å²) in [6.45, 7) is 6.70. The third-order valence-electron chi connectivity index (χ3n) is 3.94. The minimum absolute atomic E-state index is 0.0496. The minimum atomic E-state index is 0.0496. The van der Waals surface area contributed by atoms with Crippen LogP contribution in [-0.2, 0) is 11.3 Å². The van der Waals surface area contributed by atoms with Gasteiger partial charge in [0.15, 0.2) is 0 Å². The summed E-state index contributed by atoms with van der Waals surface area (Å²) in [6.07, 6.45) is 0. The van der Waals surface area contributed by atoms with Crippen LogP contribution in [0.5, 0.6) is 0 Å². The quantitative estimate of drug-likeness (QED) is 0.871. The lowest BCUT2D eigenvalue weighted by Gasteiger charge is -2.15. The summed E-state index contributed by atoms with van der Waals surface area (Å²) in [7, 11) is 0. The highest BCUT2D eigenvalue weighted by atomic mass is 16.1. The Labute approximate surface area is 127 Å². The number of amides is 1. The Morgan fingerprint density at radius 2 is 1.48 bits per heavy atom. The van der Waals surface area contributed by atoms with E-state index in [0.717, 1.165) is 5.56 Å². The number of hydrogen-bond acceptors (Lipinski definition) is 1. The zero-order valence-corrected chi connectivity index (χ0v) is 13.0. The maximum atomic E-state index is 11.9. The van der Waals surface area contributed by atoms with Gasteiger partial charge in [-0.1, -0.05) is 75.4 Å². The zero-order valence-electron chi connectivity index (χ0n) is 13.0. The molecule has 0 saturated heterocycles. The molecule has 2 nitrogen and oxygen atoms in total. The van der Waals surface area contributed by atoms with E-state index in [2.05, 4.69) is 55.6 Å². The average Bonchev–Trinajstić information content (AvgIpc) is 2.53. The van der Waals surface area contributed by atoms with Gasteiger partial charge in [0.25, 0.3) is 0 Å². The Morgan fingerprint density at radius 3 is 2.05 bits per heavy atom. The van der Waals surface area contributed by atoms with Crippen molar-refractivity contribution in [2.24, 2.45) is 11.8 Å². The van der Waals surface area contributed by atoms with Gasteiger partial charge >= 0.3 is 0 Å². The third-order valence-corrected chi connectivity index (χ3v) is 3.94. The van der Waals surface area contributed by atoms with Gasteiger partial charge < -0.3 is 5.32 Å². The van der Waals surface area contributed by atoms with E-state index in [1.807, 2.05) is 25.1 Å². The van der Waals surface area contributed by atoms with Crippen molar-refractivity contribution < 1.29 is 4.79 Å². The molecule has 1 amide bonds. The van der Waals surface area contributed by atoms with E-state index in [1.165, 1.54) is 11.1 Å². The maximum absolute atomic E-state index is 11.9. The molecule has 1 N–H and O–H groups in total. The molecule has 2 aromatic carbocycles. The summed E-state index contributed by atoms with van der Waals surface area (Å²) in [6, 6.07) is 18.6. The second-order valence-corrected chi connectivity index (χ2v) is 5.81. The number of carbonyl (C=O) groups excluding carboxylic acids is 1. The fourth-order valence-electron chi connectivity index (χ4n) is 2.10. The van der Waals surface area contributed by atoms with Gasteiger partial charge in [-0.3, -0.25) is 4.79 Å². The van der Waals surface area contributed by atoms with E-state index in [4.69, 9.17) is 0 Å². The molecule has 0 bridgehead atoms. The molecule has 0 fully saturated rings. The predicted molar refractivity (Wildman–Crippen MR) is 87.7 cm³/mol. The Kier molecular flexibility index (Phi) is 5.15. The van der Waals surface area contributed by atoms with E-state index in [-0.39, 0.29) is 11.8 Å². The number of benzene rings is 2. The first-order valence-electron chi connectivity index (χ1n) is 7.50. The molecule has 2 heteroatoms. The summed E-state index contributed by atoms with van der Waals surface area (Å²) in [5.41, 5.74) is 3.53. The van der Waals surface area contributed by atoms with Crippen LogP contribution >= 0.6 is 0 Å². The highest BCUT2D eigenvalue weighted by Gasteiger charge is 2.15. The van der Waals surface area contributed by atoms with Gasteiger partial charge in [0, 0.05) is 12.5 Å². The maximum Gasteiger partial charge on any atom is 0.223 e. The molecule has 2 rings (SSSR count). The number of carbonyl (C=O) groups is 1. The third kappa shape index (κ3) is 4.19. The van der Waals surface area contributed by atoms with Crippen molar-refractivity contribution in [1.82, 2.24) is 5.32 Å². The Balaban J connectivity index is 1.96. The van der Waals surface area contributed by atoms with E-state index >= 15 is 0 Å². The van der Waals surface area contributed by atoms with E-state index in [1.54, 1.807) is 0 Å². The van der Waals surface area contributed by atoms with Gasteiger partial charge in [0.2, 0.25) is 5.91 Å². The lowest BCUT2D eigenvalue weighted by atomic mass is 9.97. The Morgan fingerprint density at radius 1 is 0.905 bits per heavy atom. The van der Waals surface area contributed by atoms with Gasteiger partial charge in [-0.15, -0.1) is 0 Å². The highest BCUT2D eigenvalue weighted by Crippen LogP contribution is 2.19. The fraction of sp³-hybridized carbons (Fsp3) is 0.316. The van der Waals surface area contributed by atoms with Gasteiger partial charge in [-0.05, 0) is 22.6 Å². The number of rotatable bonds is 5. The van der Waals surface area contributed by atoms with Crippen LogP contribution in [0.25, 0.3) is 11.1 Å². The van der Waals surface area contributed by atoms with Crippen LogP contribution in [0.1, 0.15) is 26.3 Å². The molecule has 0 radical (unpaired) electrons. The molecule has 0 spiro atoms. The van der Waals surface area contributed by atoms with E-state index in [9.17, 15) is 4.79 Å². The molecule has 0 heterocycles. The monoisotopic (exact) mass is 281 g/mol. The molecular formula is C19H23NO. The summed E-state index contributed by atoms with van der Waals surface area (Å²) in [4.78, 5) is 11.9. The Hall–Kier alpha value is -2.09. The van der Waals surface area contributed by atoms with Crippen molar-refractivity contribution in [3.05, 3.63) is 60.2 Å². The lowest BCUT2D eigenvalue weighted by Crippen LogP contribution is -2.31. The summed E-state index contributed by atoms with van der Waals surface area (Å²) in [5.74, 6) is 0.538. The molecule has 1 unspecified atom stereocenters. The molecule has 110 valence electrons. The van der Waals surface area contributed by atoms with Crippen LogP contribution in [0.4, 0.5) is 0 Å². The van der Waals surface area contributed by atoms with Gasteiger partial charge in [-0.25, -0.2) is 0 Å². The fourth-order valence-corrected chi connectivity index (χ4v) is 2.10. The summed E-state index contributed by atoms with van der Waals surface area (Å²) in [5, 5.41) is 3.00. The molecule has 0 saturated carbocycles. The largest absolute Gasteiger partial charge is 0.352 e. The normalized spacial score (nSPS) is 12.2. The zero-order chi connectivity index (χ0) is 15.2. The van der Waals surface area contributed by atoms with Crippen molar-refractivity contribution in [2.45, 2.75) is 27.3 Å². The molecule has 0 aliphatic heterocycles. The number of hydrogen-bond donors (Lipinski definition) is 1. The van der Waals surface area contributed by atoms with Crippen LogP contribution in [0, 0.1) is 11.8 Å². The van der Waals surface area contributed by atoms with Crippen LogP contribution in [0.3, 0.4) is 0 Å². The summed E-state index contributed by atoms with van der Waals surface area (Å²) < 4.78 is 0. The van der Waals surface area contributed by atoms with Crippen molar-refractivity contribution >= 4 is 5.91 Å². The smallest absolute Gasteiger partial charge is 0.223 e. The Bertz CT molecular complexity index is 572. The molecule has 1 atom stereocenters. The van der Waals surface area contributed by atoms with Crippen molar-refractivity contribution in [1.29, 1.82) is 0 Å². The molecule has 0 aliphatic carbocycles. The van der Waals surface area contributed by atoms with Gasteiger partial charge in [0.05, 0.1) is 0 Å². The van der Waals surface area contributed by atoms with Crippen LogP contribution in [-0.4, -0.2) is 5.91 Å². The minimum Gasteiger partial charge on any atom is -0.352 e. The lowest BCUT2D eigenvalue weighted by molar-refractivity contribution is -0.125. The first-order valence-corrected chi connectivity index (χ1v) is 7.50. The standard InChI is InChI=1S/C19H23NO/c1-14(2)15(3)19(21)20-13-16-9-11-18(12-10-16)17-7-5-4-6-8-17/h4-12,14-15H,13H2,1-3H3,(H,20,21). The molecule has 0 aromatic heterocycles. The van der Waals surface area contributed by atoms with E-state index in [0.29, 0.717) is 12.5 Å². The highest BCUT2D eigenvalue weighted by molar-refractivity contribution is 5.78. The molecule has 2 aromatic rings. The molecule has 0 aliphatic rings. The molecule has 21 heavy (non-hydrogen) atoms. The van der Waals surface area contributed by atoms with Crippen LogP contribution in [0.15, 0.2) is 54.6 Å². The van der Waals surface area contributed by atoms with E-state index < -0.39 is 0 Å². The van der Waals surface area contributed by atoms with Gasteiger partial charge in [0.1, 0.15) is 0 Å². The first-order chi connectivity index (χ1) is 10.1. The van der Waals surface area contributed by atoms with Gasteiger partial charge in [-0.2, -0.15) is 0 Å². The van der Waals surface area contributed by atoms with Crippen LogP contribution < -0.4 is 5.32 Å². The first kappa shape index (κ1) is 15.3. The topological polar surface area (TPSA) is 29.1 Å². The second kappa shape index (κ2) is 7.07. The summed E-state index contributed by atoms with van der Waals surface area (Å²) >= 11 is 0. The van der Waals surface area contributed by atoms with Crippen molar-refractivity contribution in [3.63, 3.8) is 0 Å². The van der Waals surface area contributed by atoms with Crippen molar-refractivity contribution in [2.75, 3.05) is 0 Å². The van der Waals surface area contributed by atoms with Crippen molar-refractivity contribution in [3.8, 4) is 11.1 Å². The number of nitrogens with one attached hydrogen (secondary N) is 1.